The van der Waals surface area contributed by atoms with Crippen LogP contribution in [-0.2, 0) is 0 Å². The number of rotatable bonds is 14. The molecule has 0 saturated carbocycles. The largest absolute Gasteiger partial charge is 0.278 e. The molecular weight excluding hydrogens is 1460 g/mol. The molecule has 0 fully saturated rings. The number of para-hydroxylation sites is 5. The molecular formula is C111H71N9. The standard InChI is InChI=1S/C111H71N9/c1-7-26-72(27-8-1)83-53-56-100-99(69-83)114-110-117(107-71-84(54-57-105(107)118(100)110)73-28-9-2-10-29-73)95-67-91(77-36-17-6-18-37-77)63-92(68-95)81-39-23-38-80(58-81)85-52-55-97-106(70-85)119-103-46-21-19-44-101(103)115(109(119)112-97)93-41-24-40-82(64-93)88-60-86(74-30-11-3-12-31-74)59-87(61-88)78-48-50-79(51-49-78)96-42-25-43-98-108(96)120-104-47-22-20-45-102(104)116(111(120)113-98)94-65-89(75-32-13-4-14-33-75)62-90(66-94)76-34-15-5-16-35-76/h1-71H. The van der Waals surface area contributed by atoms with E-state index in [1.54, 1.807) is 0 Å². The summed E-state index contributed by atoms with van der Waals surface area (Å²) >= 11 is 0. The molecule has 24 aromatic rings. The summed E-state index contributed by atoms with van der Waals surface area (Å²) in [6, 6.07) is 156. The van der Waals surface area contributed by atoms with Gasteiger partial charge in [0.15, 0.2) is 0 Å². The Labute approximate surface area is 691 Å². The third kappa shape index (κ3) is 11.4. The number of benzene rings is 18. The van der Waals surface area contributed by atoms with Crippen LogP contribution >= 0.6 is 0 Å². The lowest BCUT2D eigenvalue weighted by molar-refractivity contribution is 1.11. The summed E-state index contributed by atoms with van der Waals surface area (Å²) in [6.45, 7) is 0. The molecule has 0 aliphatic rings. The second-order valence-corrected chi connectivity index (χ2v) is 31.2. The van der Waals surface area contributed by atoms with Gasteiger partial charge in [-0.15, -0.1) is 0 Å². The number of nitrogens with zero attached hydrogens (tertiary/aromatic N) is 9. The average molecular weight is 1530 g/mol. The van der Waals surface area contributed by atoms with Crippen LogP contribution in [0.5, 0.6) is 0 Å². The molecule has 0 aliphatic heterocycles. The van der Waals surface area contributed by atoms with Gasteiger partial charge in [-0.25, -0.2) is 15.0 Å². The Balaban J connectivity index is 0.588. The molecule has 0 amide bonds. The fourth-order valence-corrected chi connectivity index (χ4v) is 18.4. The van der Waals surface area contributed by atoms with Gasteiger partial charge in [0.1, 0.15) is 0 Å². The first-order chi connectivity index (χ1) is 59.4. The van der Waals surface area contributed by atoms with Gasteiger partial charge in [0.05, 0.1) is 77.6 Å². The van der Waals surface area contributed by atoms with E-state index in [9.17, 15) is 0 Å². The fourth-order valence-electron chi connectivity index (χ4n) is 18.4. The van der Waals surface area contributed by atoms with E-state index in [1.807, 2.05) is 0 Å². The third-order valence-electron chi connectivity index (χ3n) is 24.1. The second kappa shape index (κ2) is 27.8. The van der Waals surface area contributed by atoms with Crippen LogP contribution < -0.4 is 0 Å². The fraction of sp³-hybridized carbons (Fsp3) is 0. The number of aromatic nitrogens is 9. The van der Waals surface area contributed by atoms with Crippen LogP contribution in [0.3, 0.4) is 0 Å². The Morgan fingerprint density at radius 3 is 0.992 bits per heavy atom. The predicted molar refractivity (Wildman–Crippen MR) is 496 cm³/mol. The van der Waals surface area contributed by atoms with Crippen molar-refractivity contribution in [1.29, 1.82) is 0 Å². The van der Waals surface area contributed by atoms with Gasteiger partial charge in [-0.3, -0.25) is 26.9 Å². The topological polar surface area (TPSA) is 66.7 Å². The maximum atomic E-state index is 5.55. The van der Waals surface area contributed by atoms with Crippen molar-refractivity contribution in [2.45, 2.75) is 0 Å². The van der Waals surface area contributed by atoms with Crippen molar-refractivity contribution in [3.63, 3.8) is 0 Å². The summed E-state index contributed by atoms with van der Waals surface area (Å²) in [4.78, 5) is 16.6. The van der Waals surface area contributed by atoms with Gasteiger partial charge < -0.3 is 0 Å². The lowest BCUT2D eigenvalue weighted by Gasteiger charge is -2.14. The molecule has 0 spiro atoms. The van der Waals surface area contributed by atoms with Gasteiger partial charge >= 0.3 is 0 Å². The SMILES string of the molecule is c1ccc(-c2cc(-c3ccc(-c4cccc5nc6n(-c7cc(-c8ccccc8)cc(-c8ccccc8)c7)c7ccccc7n6c45)cc3)cc(-c3cccc(-n4c5ccccc5n5c6cc(-c7cccc(-c8cc(-c9ccccc9)cc(-n9c%10cc(-c%11ccccc%11)ccc%10n%10c%11ccc(-c%12ccccc%12)cc%11nc9%10)c8)c7)ccc6nc45)c3)c2)cc1. The first-order valence-corrected chi connectivity index (χ1v) is 40.9. The summed E-state index contributed by atoms with van der Waals surface area (Å²) in [6.07, 6.45) is 0. The van der Waals surface area contributed by atoms with E-state index >= 15 is 0 Å². The zero-order valence-electron chi connectivity index (χ0n) is 65.0. The van der Waals surface area contributed by atoms with E-state index in [0.29, 0.717) is 0 Å². The minimum absolute atomic E-state index is 0.840. The summed E-state index contributed by atoms with van der Waals surface area (Å²) in [7, 11) is 0. The summed E-state index contributed by atoms with van der Waals surface area (Å²) in [5.41, 5.74) is 40.2. The molecule has 0 N–H and O–H groups in total. The molecule has 120 heavy (non-hydrogen) atoms. The smallest absolute Gasteiger partial charge is 0.220 e. The highest BCUT2D eigenvalue weighted by atomic mass is 15.2. The average Bonchev–Trinajstić information content (AvgIpc) is 1.56. The number of hydrogen-bond donors (Lipinski definition) is 0. The van der Waals surface area contributed by atoms with E-state index in [4.69, 9.17) is 15.0 Å². The summed E-state index contributed by atoms with van der Waals surface area (Å²) in [5, 5.41) is 0. The summed E-state index contributed by atoms with van der Waals surface area (Å²) < 4.78 is 14.1. The highest BCUT2D eigenvalue weighted by molar-refractivity contribution is 6.02. The lowest BCUT2D eigenvalue weighted by atomic mass is 9.92. The maximum absolute atomic E-state index is 5.55. The van der Waals surface area contributed by atoms with Crippen LogP contribution in [-0.4, -0.2) is 41.9 Å². The quantitative estimate of drug-likeness (QED) is 0.109. The van der Waals surface area contributed by atoms with E-state index in [2.05, 4.69) is 458 Å². The van der Waals surface area contributed by atoms with Crippen LogP contribution in [0.15, 0.2) is 431 Å². The number of hydrogen-bond acceptors (Lipinski definition) is 3. The Morgan fingerprint density at radius 2 is 0.442 bits per heavy atom. The minimum Gasteiger partial charge on any atom is -0.278 e. The Morgan fingerprint density at radius 1 is 0.142 bits per heavy atom. The van der Waals surface area contributed by atoms with Gasteiger partial charge in [0.2, 0.25) is 17.3 Å². The van der Waals surface area contributed by atoms with Crippen molar-refractivity contribution in [2.24, 2.45) is 0 Å². The first kappa shape index (κ1) is 68.2. The third-order valence-corrected chi connectivity index (χ3v) is 24.1. The van der Waals surface area contributed by atoms with Crippen LogP contribution in [0.25, 0.3) is 223 Å². The zero-order valence-corrected chi connectivity index (χ0v) is 65.0. The zero-order chi connectivity index (χ0) is 78.9. The molecule has 9 heteroatoms. The highest BCUT2D eigenvalue weighted by Gasteiger charge is 2.26. The highest BCUT2D eigenvalue weighted by Crippen LogP contribution is 2.44. The molecule has 0 aliphatic carbocycles. The Hall–Kier alpha value is -16.2. The van der Waals surface area contributed by atoms with E-state index in [-0.39, 0.29) is 0 Å². The first-order valence-electron chi connectivity index (χ1n) is 40.9. The Bertz CT molecular complexity index is 8110. The molecule has 6 heterocycles. The predicted octanol–water partition coefficient (Wildman–Crippen LogP) is 28.3. The molecule has 0 saturated heterocycles. The monoisotopic (exact) mass is 1530 g/mol. The lowest BCUT2D eigenvalue weighted by Crippen LogP contribution is -1.97. The van der Waals surface area contributed by atoms with Crippen LogP contribution in [0, 0.1) is 0 Å². The van der Waals surface area contributed by atoms with Crippen molar-refractivity contribution in [2.75, 3.05) is 0 Å². The van der Waals surface area contributed by atoms with E-state index < -0.39 is 0 Å². The van der Waals surface area contributed by atoms with Crippen LogP contribution in [0.1, 0.15) is 0 Å². The van der Waals surface area contributed by atoms with Crippen molar-refractivity contribution in [3.05, 3.63) is 431 Å². The van der Waals surface area contributed by atoms with Gasteiger partial charge in [0, 0.05) is 11.3 Å². The molecule has 0 atom stereocenters. The molecule has 9 nitrogen and oxygen atoms in total. The van der Waals surface area contributed by atoms with Crippen molar-refractivity contribution >= 4 is 83.5 Å². The molecule has 0 radical (unpaired) electrons. The van der Waals surface area contributed by atoms with Gasteiger partial charge in [0.25, 0.3) is 0 Å². The van der Waals surface area contributed by atoms with Crippen LogP contribution in [0.2, 0.25) is 0 Å². The molecule has 0 bridgehead atoms. The van der Waals surface area contributed by atoms with E-state index in [1.165, 1.54) is 0 Å². The van der Waals surface area contributed by atoms with Gasteiger partial charge in [-0.1, -0.05) is 291 Å². The number of fused-ring (bicyclic) bond motifs is 15. The van der Waals surface area contributed by atoms with Gasteiger partial charge in [-0.05, 0) is 256 Å². The second-order valence-electron chi connectivity index (χ2n) is 31.2. The molecule has 18 aromatic carbocycles. The van der Waals surface area contributed by atoms with Crippen molar-refractivity contribution < 1.29 is 0 Å². The normalized spacial score (nSPS) is 11.8. The molecule has 24 rings (SSSR count). The molecule has 6 aromatic heterocycles. The van der Waals surface area contributed by atoms with E-state index in [0.717, 1.165) is 223 Å². The van der Waals surface area contributed by atoms with Gasteiger partial charge in [-0.2, -0.15) is 0 Å². The Kier molecular flexibility index (Phi) is 15.8. The van der Waals surface area contributed by atoms with Crippen LogP contribution in [0.4, 0.5) is 0 Å². The van der Waals surface area contributed by atoms with Crippen molar-refractivity contribution in [3.8, 4) is 139 Å². The molecule has 560 valence electrons. The van der Waals surface area contributed by atoms with Crippen molar-refractivity contribution in [1.82, 2.24) is 41.9 Å². The minimum atomic E-state index is 0.840. The molecule has 0 unspecified atom stereocenters. The maximum Gasteiger partial charge on any atom is 0.220 e. The number of imidazole rings is 6. The summed E-state index contributed by atoms with van der Waals surface area (Å²) in [5.74, 6) is 2.55.